The number of hydrogen-bond acceptors (Lipinski definition) is 1. The molecule has 0 bridgehead atoms. The molecule has 1 amide bonds. The van der Waals surface area contributed by atoms with Gasteiger partial charge in [0.1, 0.15) is 0 Å². The van der Waals surface area contributed by atoms with E-state index in [-0.39, 0.29) is 5.91 Å². The number of fused-ring (bicyclic) bond motifs is 1. The number of amides is 1. The molecule has 15 heavy (non-hydrogen) atoms. The van der Waals surface area contributed by atoms with E-state index in [4.69, 9.17) is 5.73 Å². The third-order valence-electron chi connectivity index (χ3n) is 3.30. The highest BCUT2D eigenvalue weighted by molar-refractivity contribution is 5.75. The van der Waals surface area contributed by atoms with Gasteiger partial charge in [-0.15, -0.1) is 0 Å². The first-order chi connectivity index (χ1) is 7.08. The zero-order valence-corrected chi connectivity index (χ0v) is 9.29. The van der Waals surface area contributed by atoms with E-state index in [1.807, 2.05) is 0 Å². The monoisotopic (exact) mass is 203 g/mol. The molecule has 2 heteroatoms. The minimum Gasteiger partial charge on any atom is -0.370 e. The number of nitrogens with two attached hydrogens (primary N) is 1. The summed E-state index contributed by atoms with van der Waals surface area (Å²) in [5.41, 5.74) is 9.27. The first kappa shape index (κ1) is 10.2. The molecule has 2 nitrogen and oxygen atoms in total. The maximum atomic E-state index is 11.0. The van der Waals surface area contributed by atoms with Gasteiger partial charge in [-0.1, -0.05) is 30.7 Å². The van der Waals surface area contributed by atoms with Crippen molar-refractivity contribution in [3.63, 3.8) is 0 Å². The molecule has 1 aromatic rings. The molecule has 2 unspecified atom stereocenters. The Kier molecular flexibility index (Phi) is 2.51. The van der Waals surface area contributed by atoms with Gasteiger partial charge >= 0.3 is 0 Å². The smallest absolute Gasteiger partial charge is 0.218 e. The summed E-state index contributed by atoms with van der Waals surface area (Å²) in [6, 6.07) is 6.53. The van der Waals surface area contributed by atoms with Crippen LogP contribution in [0.1, 0.15) is 48.3 Å². The van der Waals surface area contributed by atoms with Gasteiger partial charge in [-0.2, -0.15) is 0 Å². The zero-order chi connectivity index (χ0) is 11.0. The van der Waals surface area contributed by atoms with Gasteiger partial charge in [0.2, 0.25) is 5.91 Å². The Labute approximate surface area is 90.5 Å². The van der Waals surface area contributed by atoms with Crippen LogP contribution in [-0.2, 0) is 4.79 Å². The molecular formula is C13H17NO. The van der Waals surface area contributed by atoms with Crippen LogP contribution in [0.5, 0.6) is 0 Å². The summed E-state index contributed by atoms with van der Waals surface area (Å²) in [5, 5.41) is 0. The van der Waals surface area contributed by atoms with E-state index in [0.29, 0.717) is 18.3 Å². The molecule has 2 rings (SSSR count). The van der Waals surface area contributed by atoms with Crippen LogP contribution in [0.25, 0.3) is 0 Å². The van der Waals surface area contributed by atoms with Crippen LogP contribution in [0.15, 0.2) is 18.2 Å². The average molecular weight is 203 g/mol. The predicted octanol–water partition coefficient (Wildman–Crippen LogP) is 2.46. The van der Waals surface area contributed by atoms with E-state index in [1.165, 1.54) is 16.7 Å². The molecule has 0 aromatic heterocycles. The van der Waals surface area contributed by atoms with Crippen LogP contribution in [0.2, 0.25) is 0 Å². The van der Waals surface area contributed by atoms with Gasteiger partial charge in [0.25, 0.3) is 0 Å². The topological polar surface area (TPSA) is 43.1 Å². The standard InChI is InChI=1S/C13H17NO/c1-8-3-4-11-9(2)6-10(7-13(14)15)12(11)5-8/h3-5,9-10H,6-7H2,1-2H3,(H2,14,15). The second-order valence-electron chi connectivity index (χ2n) is 4.64. The molecular weight excluding hydrogens is 186 g/mol. The first-order valence-corrected chi connectivity index (χ1v) is 5.46. The van der Waals surface area contributed by atoms with Crippen molar-refractivity contribution in [1.29, 1.82) is 0 Å². The Balaban J connectivity index is 2.35. The van der Waals surface area contributed by atoms with Gasteiger partial charge in [-0.3, -0.25) is 4.79 Å². The maximum absolute atomic E-state index is 11.0. The third-order valence-corrected chi connectivity index (χ3v) is 3.30. The summed E-state index contributed by atoms with van der Waals surface area (Å²) in [7, 11) is 0. The number of rotatable bonds is 2. The van der Waals surface area contributed by atoms with Gasteiger partial charge in [0, 0.05) is 6.42 Å². The molecule has 2 atom stereocenters. The largest absolute Gasteiger partial charge is 0.370 e. The van der Waals surface area contributed by atoms with Crippen LogP contribution in [0.3, 0.4) is 0 Å². The summed E-state index contributed by atoms with van der Waals surface area (Å²) >= 11 is 0. The fraction of sp³-hybridized carbons (Fsp3) is 0.462. The van der Waals surface area contributed by atoms with Crippen molar-refractivity contribution in [2.75, 3.05) is 0 Å². The molecule has 0 fully saturated rings. The van der Waals surface area contributed by atoms with E-state index in [2.05, 4.69) is 32.0 Å². The number of carbonyl (C=O) groups is 1. The second-order valence-corrected chi connectivity index (χ2v) is 4.64. The molecule has 0 aliphatic heterocycles. The Hall–Kier alpha value is -1.31. The SMILES string of the molecule is Cc1ccc2c(c1)C(CC(N)=O)CC2C. The van der Waals surface area contributed by atoms with Crippen molar-refractivity contribution in [3.05, 3.63) is 34.9 Å². The van der Waals surface area contributed by atoms with Crippen molar-refractivity contribution in [1.82, 2.24) is 0 Å². The van der Waals surface area contributed by atoms with Gasteiger partial charge in [0.05, 0.1) is 0 Å². The summed E-state index contributed by atoms with van der Waals surface area (Å²) in [4.78, 5) is 11.0. The Morgan fingerprint density at radius 2 is 2.20 bits per heavy atom. The lowest BCUT2D eigenvalue weighted by Crippen LogP contribution is -2.14. The van der Waals surface area contributed by atoms with Crippen LogP contribution >= 0.6 is 0 Å². The highest BCUT2D eigenvalue weighted by Crippen LogP contribution is 2.43. The second kappa shape index (κ2) is 3.69. The van der Waals surface area contributed by atoms with Crippen molar-refractivity contribution < 1.29 is 4.79 Å². The van der Waals surface area contributed by atoms with Crippen molar-refractivity contribution in [2.24, 2.45) is 5.73 Å². The number of carbonyl (C=O) groups excluding carboxylic acids is 1. The Bertz CT molecular complexity index is 398. The molecule has 0 heterocycles. The van der Waals surface area contributed by atoms with E-state index >= 15 is 0 Å². The third kappa shape index (κ3) is 1.89. The highest BCUT2D eigenvalue weighted by Gasteiger charge is 2.28. The lowest BCUT2D eigenvalue weighted by atomic mass is 9.96. The number of primary amides is 1. The lowest BCUT2D eigenvalue weighted by molar-refractivity contribution is -0.118. The summed E-state index contributed by atoms with van der Waals surface area (Å²) in [6.07, 6.45) is 1.54. The molecule has 2 N–H and O–H groups in total. The molecule has 80 valence electrons. The Morgan fingerprint density at radius 3 is 2.87 bits per heavy atom. The van der Waals surface area contributed by atoms with Crippen molar-refractivity contribution in [2.45, 2.75) is 38.5 Å². The molecule has 1 aliphatic carbocycles. The highest BCUT2D eigenvalue weighted by atomic mass is 16.1. The minimum absolute atomic E-state index is 0.193. The molecule has 0 saturated heterocycles. The van der Waals surface area contributed by atoms with E-state index < -0.39 is 0 Å². The lowest BCUT2D eigenvalue weighted by Gasteiger charge is -2.09. The van der Waals surface area contributed by atoms with Crippen LogP contribution in [-0.4, -0.2) is 5.91 Å². The number of aryl methyl sites for hydroxylation is 1. The van der Waals surface area contributed by atoms with Crippen LogP contribution < -0.4 is 5.73 Å². The fourth-order valence-corrected chi connectivity index (χ4v) is 2.61. The molecule has 0 spiro atoms. The summed E-state index contributed by atoms with van der Waals surface area (Å²) in [5.74, 6) is 0.707. The first-order valence-electron chi connectivity index (χ1n) is 5.46. The quantitative estimate of drug-likeness (QED) is 0.788. The maximum Gasteiger partial charge on any atom is 0.218 e. The van der Waals surface area contributed by atoms with Crippen LogP contribution in [0.4, 0.5) is 0 Å². The van der Waals surface area contributed by atoms with Gasteiger partial charge < -0.3 is 5.73 Å². The molecule has 1 aliphatic rings. The number of benzene rings is 1. The molecule has 1 aromatic carbocycles. The summed E-state index contributed by atoms with van der Waals surface area (Å²) < 4.78 is 0. The average Bonchev–Trinajstić information content (AvgIpc) is 2.42. The predicted molar refractivity (Wildman–Crippen MR) is 60.8 cm³/mol. The fourth-order valence-electron chi connectivity index (χ4n) is 2.61. The summed E-state index contributed by atoms with van der Waals surface area (Å²) in [6.45, 7) is 4.31. The minimum atomic E-state index is -0.193. The molecule has 0 saturated carbocycles. The number of hydrogen-bond donors (Lipinski definition) is 1. The van der Waals surface area contributed by atoms with E-state index in [9.17, 15) is 4.79 Å². The van der Waals surface area contributed by atoms with E-state index in [1.54, 1.807) is 0 Å². The van der Waals surface area contributed by atoms with E-state index in [0.717, 1.165) is 6.42 Å². The Morgan fingerprint density at radius 1 is 1.47 bits per heavy atom. The normalized spacial score (nSPS) is 23.9. The van der Waals surface area contributed by atoms with Gasteiger partial charge in [0.15, 0.2) is 0 Å². The zero-order valence-electron chi connectivity index (χ0n) is 9.29. The van der Waals surface area contributed by atoms with Crippen molar-refractivity contribution in [3.8, 4) is 0 Å². The van der Waals surface area contributed by atoms with Crippen molar-refractivity contribution >= 4 is 5.91 Å². The molecule has 0 radical (unpaired) electrons. The van der Waals surface area contributed by atoms with Crippen LogP contribution in [0, 0.1) is 6.92 Å². The van der Waals surface area contributed by atoms with Gasteiger partial charge in [-0.05, 0) is 36.3 Å². The van der Waals surface area contributed by atoms with Gasteiger partial charge in [-0.25, -0.2) is 0 Å².